The van der Waals surface area contributed by atoms with Crippen LogP contribution in [0.15, 0.2) is 77.3 Å². The number of thiophene rings is 1. The summed E-state index contributed by atoms with van der Waals surface area (Å²) >= 11 is 4.48. The number of carbonyl (C=O) groups is 2. The van der Waals surface area contributed by atoms with E-state index in [1.54, 1.807) is 55.6 Å². The average molecular weight is 581 g/mol. The van der Waals surface area contributed by atoms with E-state index in [4.69, 9.17) is 15.2 Å². The Bertz CT molecular complexity index is 1390. The summed E-state index contributed by atoms with van der Waals surface area (Å²) in [5.41, 5.74) is 8.53. The first-order chi connectivity index (χ1) is 17.9. The SMILES string of the molecule is CCOc1ccc(NC(=O)c2c(Nc3ccc(OC)cc3)sc(C(=O)Nc3ccc(Br)cc3)c2N)cc1. The van der Waals surface area contributed by atoms with Crippen LogP contribution in [0.1, 0.15) is 27.0 Å². The second-order valence-electron chi connectivity index (χ2n) is 7.78. The lowest BCUT2D eigenvalue weighted by atomic mass is 10.2. The lowest BCUT2D eigenvalue weighted by Gasteiger charge is -2.10. The number of nitrogens with two attached hydrogens (primary N) is 1. The van der Waals surface area contributed by atoms with Crippen LogP contribution in [-0.2, 0) is 0 Å². The van der Waals surface area contributed by atoms with Crippen LogP contribution in [0.2, 0.25) is 0 Å². The molecule has 8 nitrogen and oxygen atoms in total. The Balaban J connectivity index is 1.64. The van der Waals surface area contributed by atoms with Crippen molar-refractivity contribution in [2.75, 3.05) is 35.4 Å². The summed E-state index contributed by atoms with van der Waals surface area (Å²) < 4.78 is 11.6. The maximum Gasteiger partial charge on any atom is 0.267 e. The lowest BCUT2D eigenvalue weighted by Crippen LogP contribution is -2.16. The Labute approximate surface area is 226 Å². The van der Waals surface area contributed by atoms with Crippen LogP contribution in [-0.4, -0.2) is 25.5 Å². The highest BCUT2D eigenvalue weighted by Crippen LogP contribution is 2.39. The number of amides is 2. The van der Waals surface area contributed by atoms with Gasteiger partial charge in [0.05, 0.1) is 25.0 Å². The fraction of sp³-hybridized carbons (Fsp3) is 0.111. The summed E-state index contributed by atoms with van der Waals surface area (Å²) in [6, 6.07) is 21.4. The lowest BCUT2D eigenvalue weighted by molar-refractivity contribution is 0.102. The second-order valence-corrected chi connectivity index (χ2v) is 9.71. The van der Waals surface area contributed by atoms with Gasteiger partial charge in [-0.25, -0.2) is 0 Å². The van der Waals surface area contributed by atoms with Gasteiger partial charge in [0, 0.05) is 21.5 Å². The number of carbonyl (C=O) groups excluding carboxylic acids is 2. The Morgan fingerprint density at radius 1 is 0.838 bits per heavy atom. The second kappa shape index (κ2) is 11.8. The topological polar surface area (TPSA) is 115 Å². The summed E-state index contributed by atoms with van der Waals surface area (Å²) in [4.78, 5) is 26.7. The Morgan fingerprint density at radius 3 is 1.97 bits per heavy atom. The molecule has 0 saturated carbocycles. The molecule has 0 radical (unpaired) electrons. The maximum absolute atomic E-state index is 13.4. The van der Waals surface area contributed by atoms with E-state index in [1.807, 2.05) is 31.2 Å². The number of ether oxygens (including phenoxy) is 2. The van der Waals surface area contributed by atoms with E-state index in [1.165, 1.54) is 0 Å². The van der Waals surface area contributed by atoms with E-state index in [0.717, 1.165) is 15.8 Å². The summed E-state index contributed by atoms with van der Waals surface area (Å²) in [7, 11) is 1.59. The monoisotopic (exact) mass is 580 g/mol. The first kappa shape index (κ1) is 26.1. The molecule has 4 aromatic rings. The van der Waals surface area contributed by atoms with Crippen LogP contribution in [0, 0.1) is 0 Å². The average Bonchev–Trinajstić information content (AvgIpc) is 3.23. The van der Waals surface area contributed by atoms with Crippen molar-refractivity contribution in [2.24, 2.45) is 0 Å². The minimum Gasteiger partial charge on any atom is -0.497 e. The largest absolute Gasteiger partial charge is 0.497 e. The van der Waals surface area contributed by atoms with Crippen LogP contribution in [0.3, 0.4) is 0 Å². The molecule has 190 valence electrons. The van der Waals surface area contributed by atoms with Gasteiger partial charge < -0.3 is 31.2 Å². The van der Waals surface area contributed by atoms with E-state index in [2.05, 4.69) is 31.9 Å². The van der Waals surface area contributed by atoms with Crippen molar-refractivity contribution in [3.05, 3.63) is 87.7 Å². The minimum absolute atomic E-state index is 0.0825. The van der Waals surface area contributed by atoms with E-state index >= 15 is 0 Å². The van der Waals surface area contributed by atoms with Crippen LogP contribution in [0.25, 0.3) is 0 Å². The quantitative estimate of drug-likeness (QED) is 0.174. The highest BCUT2D eigenvalue weighted by Gasteiger charge is 2.26. The van der Waals surface area contributed by atoms with Crippen molar-refractivity contribution in [1.29, 1.82) is 0 Å². The van der Waals surface area contributed by atoms with Gasteiger partial charge in [-0.15, -0.1) is 11.3 Å². The molecule has 0 aliphatic carbocycles. The van der Waals surface area contributed by atoms with E-state index in [0.29, 0.717) is 40.2 Å². The number of nitrogen functional groups attached to an aromatic ring is 1. The number of methoxy groups -OCH3 is 1. The molecule has 0 saturated heterocycles. The highest BCUT2D eigenvalue weighted by atomic mass is 79.9. The zero-order valence-corrected chi connectivity index (χ0v) is 22.5. The van der Waals surface area contributed by atoms with Crippen LogP contribution < -0.4 is 31.2 Å². The Morgan fingerprint density at radius 2 is 1.38 bits per heavy atom. The number of hydrogen-bond donors (Lipinski definition) is 4. The first-order valence-electron chi connectivity index (χ1n) is 11.3. The Hall–Kier alpha value is -4.02. The molecule has 37 heavy (non-hydrogen) atoms. The van der Waals surface area contributed by atoms with E-state index in [-0.39, 0.29) is 16.1 Å². The van der Waals surface area contributed by atoms with Crippen LogP contribution >= 0.6 is 27.3 Å². The highest BCUT2D eigenvalue weighted by molar-refractivity contribution is 9.10. The van der Waals surface area contributed by atoms with E-state index in [9.17, 15) is 9.59 Å². The van der Waals surface area contributed by atoms with Crippen molar-refractivity contribution < 1.29 is 19.1 Å². The molecule has 4 rings (SSSR count). The van der Waals surface area contributed by atoms with Gasteiger partial charge in [-0.2, -0.15) is 0 Å². The minimum atomic E-state index is -0.448. The van der Waals surface area contributed by atoms with Gasteiger partial charge in [0.15, 0.2) is 0 Å². The smallest absolute Gasteiger partial charge is 0.267 e. The normalized spacial score (nSPS) is 10.5. The molecule has 10 heteroatoms. The molecule has 0 aliphatic heterocycles. The summed E-state index contributed by atoms with van der Waals surface area (Å²) in [5.74, 6) is 0.530. The molecule has 2 amide bonds. The molecule has 5 N–H and O–H groups in total. The van der Waals surface area contributed by atoms with Crippen molar-refractivity contribution in [3.8, 4) is 11.5 Å². The molecule has 0 bridgehead atoms. The summed E-state index contributed by atoms with van der Waals surface area (Å²) in [5, 5.41) is 9.35. The zero-order valence-electron chi connectivity index (χ0n) is 20.1. The van der Waals surface area contributed by atoms with Crippen molar-refractivity contribution >= 4 is 66.8 Å². The van der Waals surface area contributed by atoms with Crippen molar-refractivity contribution in [1.82, 2.24) is 0 Å². The molecular formula is C27H25BrN4O4S. The number of halogens is 1. The molecule has 0 unspecified atom stereocenters. The van der Waals surface area contributed by atoms with Gasteiger partial charge in [-0.05, 0) is 79.7 Å². The fourth-order valence-electron chi connectivity index (χ4n) is 3.45. The van der Waals surface area contributed by atoms with Gasteiger partial charge in [-0.3, -0.25) is 9.59 Å². The van der Waals surface area contributed by atoms with E-state index < -0.39 is 11.8 Å². The van der Waals surface area contributed by atoms with Crippen molar-refractivity contribution in [2.45, 2.75) is 6.92 Å². The van der Waals surface area contributed by atoms with Crippen LogP contribution in [0.5, 0.6) is 11.5 Å². The third kappa shape index (κ3) is 6.41. The standard InChI is InChI=1S/C27H25BrN4O4S/c1-3-36-21-14-10-18(11-15-21)30-25(33)22-23(29)24(26(34)31-17-6-4-16(28)5-7-17)37-27(22)32-19-8-12-20(35-2)13-9-19/h4-15,32H,3,29H2,1-2H3,(H,30,33)(H,31,34). The number of hydrogen-bond acceptors (Lipinski definition) is 7. The Kier molecular flexibility index (Phi) is 8.32. The van der Waals surface area contributed by atoms with Crippen LogP contribution in [0.4, 0.5) is 27.8 Å². The van der Waals surface area contributed by atoms with Gasteiger partial charge in [-0.1, -0.05) is 15.9 Å². The molecule has 1 aromatic heterocycles. The number of anilines is 5. The number of benzene rings is 3. The molecule has 1 heterocycles. The molecule has 0 atom stereocenters. The van der Waals surface area contributed by atoms with Gasteiger partial charge in [0.25, 0.3) is 11.8 Å². The summed E-state index contributed by atoms with van der Waals surface area (Å²) in [6.07, 6.45) is 0. The molecule has 0 spiro atoms. The fourth-order valence-corrected chi connectivity index (χ4v) is 4.75. The van der Waals surface area contributed by atoms with Gasteiger partial charge in [0.1, 0.15) is 21.4 Å². The predicted molar refractivity (Wildman–Crippen MR) is 153 cm³/mol. The third-order valence-corrected chi connectivity index (χ3v) is 6.90. The predicted octanol–water partition coefficient (Wildman–Crippen LogP) is 6.75. The summed E-state index contributed by atoms with van der Waals surface area (Å²) in [6.45, 7) is 2.44. The zero-order chi connectivity index (χ0) is 26.4. The number of nitrogens with one attached hydrogen (secondary N) is 3. The molecule has 3 aromatic carbocycles. The van der Waals surface area contributed by atoms with Crippen molar-refractivity contribution in [3.63, 3.8) is 0 Å². The maximum atomic E-state index is 13.4. The number of rotatable bonds is 9. The van der Waals surface area contributed by atoms with Gasteiger partial charge in [0.2, 0.25) is 0 Å². The molecular weight excluding hydrogens is 556 g/mol. The molecule has 0 fully saturated rings. The third-order valence-electron chi connectivity index (χ3n) is 5.25. The van der Waals surface area contributed by atoms with Gasteiger partial charge >= 0.3 is 0 Å². The molecule has 0 aliphatic rings. The first-order valence-corrected chi connectivity index (χ1v) is 12.9.